The molecule has 2 atom stereocenters. The highest BCUT2D eigenvalue weighted by molar-refractivity contribution is 5.96. The monoisotopic (exact) mass is 361 g/mol. The van der Waals surface area contributed by atoms with Crippen molar-refractivity contribution >= 4 is 17.6 Å². The van der Waals surface area contributed by atoms with E-state index in [4.69, 9.17) is 0 Å². The smallest absolute Gasteiger partial charge is 0.321 e. The molecule has 0 saturated heterocycles. The number of imide groups is 1. The summed E-state index contributed by atoms with van der Waals surface area (Å²) in [5, 5.41) is 5.43. The van der Waals surface area contributed by atoms with Crippen LogP contribution < -0.4 is 20.4 Å². The summed E-state index contributed by atoms with van der Waals surface area (Å²) in [4.78, 5) is 27.5. The molecule has 144 valence electrons. The molecule has 6 nitrogen and oxygen atoms in total. The van der Waals surface area contributed by atoms with Crippen molar-refractivity contribution in [2.75, 3.05) is 26.0 Å². The van der Waals surface area contributed by atoms with Gasteiger partial charge < -0.3 is 15.1 Å². The number of likely N-dealkylation sites (N-methyl/N-ethyl adjacent to an activating group) is 1. The lowest BCUT2D eigenvalue weighted by molar-refractivity contribution is -0.908. The lowest BCUT2D eigenvalue weighted by atomic mass is 9.96. The van der Waals surface area contributed by atoms with Crippen molar-refractivity contribution in [3.05, 3.63) is 29.8 Å². The molecule has 0 radical (unpaired) electrons. The Hall–Kier alpha value is -2.08. The van der Waals surface area contributed by atoms with Gasteiger partial charge in [-0.15, -0.1) is 0 Å². The van der Waals surface area contributed by atoms with Crippen LogP contribution in [-0.2, 0) is 11.3 Å². The van der Waals surface area contributed by atoms with Crippen molar-refractivity contribution in [1.29, 1.82) is 0 Å². The Morgan fingerprint density at radius 2 is 1.77 bits per heavy atom. The molecule has 3 N–H and O–H groups in total. The van der Waals surface area contributed by atoms with Gasteiger partial charge in [0.15, 0.2) is 6.04 Å². The summed E-state index contributed by atoms with van der Waals surface area (Å²) in [7, 11) is 6.00. The fourth-order valence-corrected chi connectivity index (χ4v) is 3.30. The number of carbonyl (C=O) groups excluding carboxylic acids is 2. The second-order valence-electron chi connectivity index (χ2n) is 7.60. The maximum Gasteiger partial charge on any atom is 0.321 e. The van der Waals surface area contributed by atoms with E-state index >= 15 is 0 Å². The van der Waals surface area contributed by atoms with Crippen LogP contribution in [0.1, 0.15) is 44.6 Å². The van der Waals surface area contributed by atoms with E-state index in [1.165, 1.54) is 12.0 Å². The van der Waals surface area contributed by atoms with Gasteiger partial charge in [-0.25, -0.2) is 4.79 Å². The van der Waals surface area contributed by atoms with Crippen LogP contribution >= 0.6 is 0 Å². The van der Waals surface area contributed by atoms with E-state index in [0.29, 0.717) is 0 Å². The molecule has 26 heavy (non-hydrogen) atoms. The minimum Gasteiger partial charge on any atom is -0.378 e. The van der Waals surface area contributed by atoms with Crippen molar-refractivity contribution in [2.45, 2.75) is 57.7 Å². The minimum atomic E-state index is -0.364. The maximum absolute atomic E-state index is 12.4. The normalized spacial score (nSPS) is 17.2. The van der Waals surface area contributed by atoms with Gasteiger partial charge in [-0.05, 0) is 31.9 Å². The summed E-state index contributed by atoms with van der Waals surface area (Å²) in [6.45, 7) is 2.58. The number of amides is 3. The molecular formula is C20H33N4O2+. The third-order valence-corrected chi connectivity index (χ3v) is 5.25. The fourth-order valence-electron chi connectivity index (χ4n) is 3.30. The van der Waals surface area contributed by atoms with Gasteiger partial charge in [0.05, 0.1) is 7.05 Å². The largest absolute Gasteiger partial charge is 0.378 e. The van der Waals surface area contributed by atoms with E-state index in [0.717, 1.165) is 42.8 Å². The van der Waals surface area contributed by atoms with Crippen molar-refractivity contribution in [3.63, 3.8) is 0 Å². The van der Waals surface area contributed by atoms with Gasteiger partial charge in [0.25, 0.3) is 5.91 Å². The minimum absolute atomic E-state index is 0.201. The third kappa shape index (κ3) is 6.02. The Labute approximate surface area is 156 Å². The number of nitrogens with zero attached hydrogens (tertiary/aromatic N) is 1. The molecule has 2 rings (SSSR count). The number of carbonyl (C=O) groups is 2. The summed E-state index contributed by atoms with van der Waals surface area (Å²) >= 11 is 0. The number of rotatable bonds is 6. The number of hydrogen-bond donors (Lipinski definition) is 3. The second kappa shape index (κ2) is 9.57. The highest BCUT2D eigenvalue weighted by atomic mass is 16.2. The first-order valence-corrected chi connectivity index (χ1v) is 9.56. The SMILES string of the molecule is C[C@H](C(=O)NC(=O)NC1CCCCC1)[NH+](C)Cc1ccc(N(C)C)cc1. The van der Waals surface area contributed by atoms with Gasteiger partial charge in [-0.2, -0.15) is 0 Å². The predicted molar refractivity (Wildman–Crippen MR) is 104 cm³/mol. The van der Waals surface area contributed by atoms with Gasteiger partial charge in [-0.1, -0.05) is 31.4 Å². The Morgan fingerprint density at radius 1 is 1.15 bits per heavy atom. The standard InChI is InChI=1S/C20H32N4O2/c1-15(19(25)22-20(26)21-17-8-6-5-7-9-17)24(4)14-16-10-12-18(13-11-16)23(2)3/h10-13,15,17H,5-9,14H2,1-4H3,(H2,21,22,25,26)/p+1/t15-/m1/s1. The quantitative estimate of drug-likeness (QED) is 0.716. The molecule has 1 fully saturated rings. The number of urea groups is 1. The highest BCUT2D eigenvalue weighted by Gasteiger charge is 2.25. The van der Waals surface area contributed by atoms with Crippen LogP contribution in [0.3, 0.4) is 0 Å². The summed E-state index contributed by atoms with van der Waals surface area (Å²) in [5.41, 5.74) is 2.32. The van der Waals surface area contributed by atoms with E-state index in [-0.39, 0.29) is 24.0 Å². The van der Waals surface area contributed by atoms with Crippen LogP contribution in [-0.4, -0.2) is 45.2 Å². The molecule has 0 aliphatic heterocycles. The van der Waals surface area contributed by atoms with E-state index in [1.807, 2.05) is 28.1 Å². The van der Waals surface area contributed by atoms with Crippen LogP contribution in [0, 0.1) is 0 Å². The molecule has 1 aliphatic carbocycles. The molecule has 1 aromatic carbocycles. The predicted octanol–water partition coefficient (Wildman–Crippen LogP) is 1.31. The molecule has 0 aromatic heterocycles. The Balaban J connectivity index is 1.81. The first kappa shape index (κ1) is 20.2. The van der Waals surface area contributed by atoms with Gasteiger partial charge in [-0.3, -0.25) is 10.1 Å². The maximum atomic E-state index is 12.4. The van der Waals surface area contributed by atoms with E-state index in [1.54, 1.807) is 0 Å². The number of hydrogen-bond acceptors (Lipinski definition) is 3. The Kier molecular flexibility index (Phi) is 7.45. The molecule has 0 bridgehead atoms. The number of nitrogens with one attached hydrogen (secondary N) is 3. The molecule has 6 heteroatoms. The van der Waals surface area contributed by atoms with Gasteiger partial charge in [0, 0.05) is 31.4 Å². The zero-order chi connectivity index (χ0) is 19.1. The van der Waals surface area contributed by atoms with Crippen molar-refractivity contribution in [1.82, 2.24) is 10.6 Å². The summed E-state index contributed by atoms with van der Waals surface area (Å²) < 4.78 is 0. The number of anilines is 1. The molecule has 1 saturated carbocycles. The summed E-state index contributed by atoms with van der Waals surface area (Å²) in [6.07, 6.45) is 5.54. The van der Waals surface area contributed by atoms with Crippen LogP contribution in [0.4, 0.5) is 10.5 Å². The Morgan fingerprint density at radius 3 is 2.35 bits per heavy atom. The lowest BCUT2D eigenvalue weighted by Crippen LogP contribution is -3.12. The molecule has 0 spiro atoms. The number of quaternary nitrogens is 1. The summed E-state index contributed by atoms with van der Waals surface area (Å²) in [6, 6.07) is 7.85. The highest BCUT2D eigenvalue weighted by Crippen LogP contribution is 2.17. The second-order valence-corrected chi connectivity index (χ2v) is 7.60. The summed E-state index contributed by atoms with van der Waals surface area (Å²) in [5.74, 6) is -0.235. The van der Waals surface area contributed by atoms with Crippen LogP contribution in [0.2, 0.25) is 0 Å². The van der Waals surface area contributed by atoms with Gasteiger partial charge in [0.1, 0.15) is 6.54 Å². The fraction of sp³-hybridized carbons (Fsp3) is 0.600. The van der Waals surface area contributed by atoms with Crippen molar-refractivity contribution in [2.24, 2.45) is 0 Å². The van der Waals surface area contributed by atoms with E-state index in [9.17, 15) is 9.59 Å². The molecule has 3 amide bonds. The molecule has 1 aliphatic rings. The third-order valence-electron chi connectivity index (χ3n) is 5.25. The first-order valence-electron chi connectivity index (χ1n) is 9.56. The Bertz CT molecular complexity index is 594. The van der Waals surface area contributed by atoms with E-state index < -0.39 is 0 Å². The zero-order valence-corrected chi connectivity index (χ0v) is 16.5. The van der Waals surface area contributed by atoms with Gasteiger partial charge >= 0.3 is 6.03 Å². The molecule has 1 aromatic rings. The number of benzene rings is 1. The van der Waals surface area contributed by atoms with Crippen LogP contribution in [0.25, 0.3) is 0 Å². The van der Waals surface area contributed by atoms with Crippen molar-refractivity contribution < 1.29 is 14.5 Å². The molecule has 0 heterocycles. The topological polar surface area (TPSA) is 65.9 Å². The lowest BCUT2D eigenvalue weighted by Gasteiger charge is -2.24. The molecular weight excluding hydrogens is 328 g/mol. The van der Waals surface area contributed by atoms with E-state index in [2.05, 4.69) is 39.8 Å². The average molecular weight is 362 g/mol. The first-order chi connectivity index (χ1) is 12.4. The average Bonchev–Trinajstić information content (AvgIpc) is 2.62. The zero-order valence-electron chi connectivity index (χ0n) is 16.5. The van der Waals surface area contributed by atoms with Crippen molar-refractivity contribution in [3.8, 4) is 0 Å². The van der Waals surface area contributed by atoms with Crippen LogP contribution in [0.15, 0.2) is 24.3 Å². The van der Waals surface area contributed by atoms with Crippen LogP contribution in [0.5, 0.6) is 0 Å². The molecule has 1 unspecified atom stereocenters. The van der Waals surface area contributed by atoms with Gasteiger partial charge in [0.2, 0.25) is 0 Å².